The molecule has 1 aromatic carbocycles. The smallest absolute Gasteiger partial charge is 0.179 e. The van der Waals surface area contributed by atoms with Gasteiger partial charge in [0, 0.05) is 18.2 Å². The van der Waals surface area contributed by atoms with Gasteiger partial charge in [-0.1, -0.05) is 18.6 Å². The second-order valence-electron chi connectivity index (χ2n) is 4.95. The van der Waals surface area contributed by atoms with Crippen LogP contribution in [0.25, 0.3) is 0 Å². The van der Waals surface area contributed by atoms with Crippen LogP contribution in [0.15, 0.2) is 23.1 Å². The van der Waals surface area contributed by atoms with E-state index in [1.807, 2.05) is 12.1 Å². The number of methoxy groups -OCH3 is 1. The Kier molecular flexibility index (Phi) is 3.38. The van der Waals surface area contributed by atoms with E-state index in [9.17, 15) is 8.42 Å². The molecule has 0 bridgehead atoms. The molecule has 1 fully saturated rings. The molecular weight excluding hydrogens is 250 g/mol. The van der Waals surface area contributed by atoms with Crippen LogP contribution >= 0.6 is 0 Å². The van der Waals surface area contributed by atoms with Gasteiger partial charge in [-0.3, -0.25) is 0 Å². The number of nitrogens with two attached hydrogens (primary N) is 1. The van der Waals surface area contributed by atoms with Crippen LogP contribution in [-0.4, -0.2) is 28.3 Å². The van der Waals surface area contributed by atoms with E-state index in [1.54, 1.807) is 6.07 Å². The minimum atomic E-state index is -3.33. The molecule has 0 amide bonds. The molecule has 0 heterocycles. The predicted molar refractivity (Wildman–Crippen MR) is 70.7 cm³/mol. The number of benzene rings is 1. The minimum absolute atomic E-state index is 0.188. The zero-order chi connectivity index (χ0) is 13.4. The first-order chi connectivity index (χ1) is 8.44. The summed E-state index contributed by atoms with van der Waals surface area (Å²) in [4.78, 5) is 0.303. The van der Waals surface area contributed by atoms with Crippen molar-refractivity contribution in [2.75, 3.05) is 19.9 Å². The molecule has 18 heavy (non-hydrogen) atoms. The lowest BCUT2D eigenvalue weighted by Crippen LogP contribution is -2.42. The fourth-order valence-electron chi connectivity index (χ4n) is 2.66. The summed E-state index contributed by atoms with van der Waals surface area (Å²) in [6.45, 7) is 0.475. The van der Waals surface area contributed by atoms with Crippen LogP contribution in [0.3, 0.4) is 0 Å². The lowest BCUT2D eigenvalue weighted by atomic mass is 9.64. The second-order valence-corrected chi connectivity index (χ2v) is 6.90. The highest BCUT2D eigenvalue weighted by Gasteiger charge is 2.41. The standard InChI is InChI=1S/C13H19NO3S/c1-17-11-6-3-5-10(12(11)18(2,15)16)13(9-14)7-4-8-13/h3,5-6H,4,7-9,14H2,1-2H3. The van der Waals surface area contributed by atoms with E-state index >= 15 is 0 Å². The van der Waals surface area contributed by atoms with Gasteiger partial charge < -0.3 is 10.5 Å². The number of ether oxygens (including phenoxy) is 1. The van der Waals surface area contributed by atoms with Gasteiger partial charge in [-0.05, 0) is 24.5 Å². The molecule has 0 spiro atoms. The van der Waals surface area contributed by atoms with Crippen LogP contribution in [-0.2, 0) is 15.3 Å². The summed E-state index contributed by atoms with van der Waals surface area (Å²) in [6.07, 6.45) is 4.20. The van der Waals surface area contributed by atoms with E-state index in [0.717, 1.165) is 24.8 Å². The summed E-state index contributed by atoms with van der Waals surface area (Å²) in [5.74, 6) is 0.412. The fourth-order valence-corrected chi connectivity index (χ4v) is 3.86. The predicted octanol–water partition coefficient (Wildman–Crippen LogP) is 1.48. The lowest BCUT2D eigenvalue weighted by molar-refractivity contribution is 0.246. The third-order valence-electron chi connectivity index (χ3n) is 3.84. The molecule has 5 heteroatoms. The Morgan fingerprint density at radius 2 is 2.06 bits per heavy atom. The van der Waals surface area contributed by atoms with Crippen LogP contribution in [0.4, 0.5) is 0 Å². The Morgan fingerprint density at radius 1 is 1.39 bits per heavy atom. The van der Waals surface area contributed by atoms with E-state index in [-0.39, 0.29) is 5.41 Å². The molecule has 0 radical (unpaired) electrons. The van der Waals surface area contributed by atoms with Gasteiger partial charge in [-0.25, -0.2) is 8.42 Å². The summed E-state index contributed by atoms with van der Waals surface area (Å²) in [6, 6.07) is 5.38. The van der Waals surface area contributed by atoms with Crippen LogP contribution in [0.5, 0.6) is 5.75 Å². The molecule has 0 aromatic heterocycles. The van der Waals surface area contributed by atoms with Gasteiger partial charge in [-0.2, -0.15) is 0 Å². The molecule has 1 aliphatic carbocycles. The number of hydrogen-bond donors (Lipinski definition) is 1. The molecule has 1 aromatic rings. The first-order valence-corrected chi connectivity index (χ1v) is 7.91. The maximum absolute atomic E-state index is 12.0. The number of rotatable bonds is 4. The van der Waals surface area contributed by atoms with Gasteiger partial charge in [0.15, 0.2) is 9.84 Å². The average Bonchev–Trinajstić information content (AvgIpc) is 2.26. The summed E-state index contributed by atoms with van der Waals surface area (Å²) < 4.78 is 29.2. The lowest BCUT2D eigenvalue weighted by Gasteiger charge is -2.42. The van der Waals surface area contributed by atoms with Crippen molar-refractivity contribution in [1.29, 1.82) is 0 Å². The molecule has 2 N–H and O–H groups in total. The van der Waals surface area contributed by atoms with E-state index < -0.39 is 9.84 Å². The molecule has 2 rings (SSSR count). The van der Waals surface area contributed by atoms with Crippen molar-refractivity contribution in [3.8, 4) is 5.75 Å². The van der Waals surface area contributed by atoms with Crippen molar-refractivity contribution in [3.05, 3.63) is 23.8 Å². The summed E-state index contributed by atoms with van der Waals surface area (Å²) in [5, 5.41) is 0. The highest BCUT2D eigenvalue weighted by atomic mass is 32.2. The first kappa shape index (κ1) is 13.4. The van der Waals surface area contributed by atoms with Crippen LogP contribution in [0.2, 0.25) is 0 Å². The minimum Gasteiger partial charge on any atom is -0.495 e. The van der Waals surface area contributed by atoms with Crippen LogP contribution < -0.4 is 10.5 Å². The van der Waals surface area contributed by atoms with Crippen LogP contribution in [0.1, 0.15) is 24.8 Å². The van der Waals surface area contributed by atoms with Crippen molar-refractivity contribution in [2.24, 2.45) is 5.73 Å². The van der Waals surface area contributed by atoms with E-state index in [1.165, 1.54) is 13.4 Å². The maximum Gasteiger partial charge on any atom is 0.179 e. The monoisotopic (exact) mass is 269 g/mol. The Morgan fingerprint density at radius 3 is 2.44 bits per heavy atom. The zero-order valence-corrected chi connectivity index (χ0v) is 11.6. The van der Waals surface area contributed by atoms with Gasteiger partial charge >= 0.3 is 0 Å². The quantitative estimate of drug-likeness (QED) is 0.899. The zero-order valence-electron chi connectivity index (χ0n) is 10.8. The van der Waals surface area contributed by atoms with Gasteiger partial charge in [0.1, 0.15) is 10.6 Å². The Hall–Kier alpha value is -1.07. The number of hydrogen-bond acceptors (Lipinski definition) is 4. The Balaban J connectivity index is 2.68. The van der Waals surface area contributed by atoms with Gasteiger partial charge in [0.2, 0.25) is 0 Å². The Bertz CT molecular complexity index is 542. The average molecular weight is 269 g/mol. The molecule has 0 saturated heterocycles. The molecule has 4 nitrogen and oxygen atoms in total. The van der Waals surface area contributed by atoms with E-state index in [2.05, 4.69) is 0 Å². The van der Waals surface area contributed by atoms with Gasteiger partial charge in [0.25, 0.3) is 0 Å². The van der Waals surface area contributed by atoms with Crippen molar-refractivity contribution in [3.63, 3.8) is 0 Å². The van der Waals surface area contributed by atoms with Crippen molar-refractivity contribution in [1.82, 2.24) is 0 Å². The summed E-state index contributed by atoms with van der Waals surface area (Å²) in [7, 11) is -1.84. The third-order valence-corrected chi connectivity index (χ3v) is 5.01. The SMILES string of the molecule is COc1cccc(C2(CN)CCC2)c1S(C)(=O)=O. The summed E-state index contributed by atoms with van der Waals surface area (Å²) >= 11 is 0. The third kappa shape index (κ3) is 2.01. The second kappa shape index (κ2) is 4.55. The largest absolute Gasteiger partial charge is 0.495 e. The fraction of sp³-hybridized carbons (Fsp3) is 0.538. The number of sulfone groups is 1. The highest BCUT2D eigenvalue weighted by molar-refractivity contribution is 7.90. The topological polar surface area (TPSA) is 69.4 Å². The van der Waals surface area contributed by atoms with Crippen LogP contribution in [0, 0.1) is 0 Å². The van der Waals surface area contributed by atoms with Gasteiger partial charge in [-0.15, -0.1) is 0 Å². The molecule has 1 aliphatic rings. The normalized spacial score (nSPS) is 18.2. The highest BCUT2D eigenvalue weighted by Crippen LogP contribution is 2.47. The summed E-state index contributed by atoms with van der Waals surface area (Å²) in [5.41, 5.74) is 6.50. The molecule has 100 valence electrons. The molecule has 0 unspecified atom stereocenters. The molecule has 0 atom stereocenters. The first-order valence-electron chi connectivity index (χ1n) is 6.02. The Labute approximate surface area is 108 Å². The molecular formula is C13H19NO3S. The van der Waals surface area contributed by atoms with E-state index in [0.29, 0.717) is 17.2 Å². The van der Waals surface area contributed by atoms with Gasteiger partial charge in [0.05, 0.1) is 7.11 Å². The van der Waals surface area contributed by atoms with E-state index in [4.69, 9.17) is 10.5 Å². The maximum atomic E-state index is 12.0. The van der Waals surface area contributed by atoms with Crippen molar-refractivity contribution < 1.29 is 13.2 Å². The molecule has 1 saturated carbocycles. The van der Waals surface area contributed by atoms with Crippen molar-refractivity contribution in [2.45, 2.75) is 29.6 Å². The van der Waals surface area contributed by atoms with Crippen molar-refractivity contribution >= 4 is 9.84 Å². The molecule has 0 aliphatic heterocycles.